The predicted molar refractivity (Wildman–Crippen MR) is 129 cm³/mol. The molecule has 0 radical (unpaired) electrons. The van der Waals surface area contributed by atoms with Crippen molar-refractivity contribution >= 4 is 23.4 Å². The number of carbonyl (C=O) groups excluding carboxylic acids is 3. The highest BCUT2D eigenvalue weighted by atomic mass is 16.5. The minimum Gasteiger partial charge on any atom is -0.383 e. The fourth-order valence-electron chi connectivity index (χ4n) is 4.82. The number of ether oxygens (including phenoxy) is 1. The van der Waals surface area contributed by atoms with Gasteiger partial charge in [-0.05, 0) is 45.0 Å². The van der Waals surface area contributed by atoms with Gasteiger partial charge in [0.2, 0.25) is 5.91 Å². The number of amides is 3. The van der Waals surface area contributed by atoms with Crippen molar-refractivity contribution in [1.29, 1.82) is 0 Å². The molecule has 0 aromatic heterocycles. The summed E-state index contributed by atoms with van der Waals surface area (Å²) in [5.74, 6) is -0.273. The molecular weight excluding hydrogens is 420 g/mol. The van der Waals surface area contributed by atoms with E-state index in [9.17, 15) is 14.4 Å². The maximum absolute atomic E-state index is 13.2. The van der Waals surface area contributed by atoms with Crippen LogP contribution in [0.3, 0.4) is 0 Å². The molecule has 182 valence electrons. The van der Waals surface area contributed by atoms with Gasteiger partial charge in [-0.1, -0.05) is 19.9 Å². The Morgan fingerprint density at radius 3 is 2.33 bits per heavy atom. The summed E-state index contributed by atoms with van der Waals surface area (Å²) in [5.41, 5.74) is 1.74. The van der Waals surface area contributed by atoms with Gasteiger partial charge in [0.25, 0.3) is 11.8 Å². The Hall–Kier alpha value is -2.45. The van der Waals surface area contributed by atoms with Crippen LogP contribution in [0.2, 0.25) is 0 Å². The summed E-state index contributed by atoms with van der Waals surface area (Å²) in [7, 11) is 1.55. The third-order valence-corrected chi connectivity index (χ3v) is 6.95. The molecule has 1 fully saturated rings. The minimum atomic E-state index is -0.259. The smallest absolute Gasteiger partial charge is 0.263 e. The van der Waals surface area contributed by atoms with Gasteiger partial charge in [0.05, 0.1) is 30.0 Å². The lowest BCUT2D eigenvalue weighted by molar-refractivity contribution is -0.136. The van der Waals surface area contributed by atoms with Crippen molar-refractivity contribution in [3.63, 3.8) is 0 Å². The van der Waals surface area contributed by atoms with Gasteiger partial charge in [-0.3, -0.25) is 19.3 Å². The Morgan fingerprint density at radius 1 is 1.03 bits per heavy atom. The van der Waals surface area contributed by atoms with Gasteiger partial charge in [0.1, 0.15) is 0 Å². The van der Waals surface area contributed by atoms with Crippen LogP contribution < -0.4 is 4.90 Å². The van der Waals surface area contributed by atoms with Crippen LogP contribution in [-0.2, 0) is 9.53 Å². The van der Waals surface area contributed by atoms with Crippen LogP contribution in [0.25, 0.3) is 0 Å². The third-order valence-electron chi connectivity index (χ3n) is 6.95. The van der Waals surface area contributed by atoms with Gasteiger partial charge in [-0.2, -0.15) is 0 Å². The second-order valence-electron chi connectivity index (χ2n) is 8.66. The van der Waals surface area contributed by atoms with Crippen LogP contribution in [0.1, 0.15) is 54.3 Å². The summed E-state index contributed by atoms with van der Waals surface area (Å²) in [5, 5.41) is 0. The number of methoxy groups -OCH3 is 1. The normalized spacial score (nSPS) is 16.6. The fraction of sp³-hybridized carbons (Fsp3) is 0.640. The minimum absolute atomic E-state index is 0.00481. The quantitative estimate of drug-likeness (QED) is 0.474. The molecule has 8 nitrogen and oxygen atoms in total. The molecule has 0 saturated carbocycles. The second-order valence-corrected chi connectivity index (χ2v) is 8.66. The number of benzene rings is 1. The standard InChI is InChI=1S/C25H38N4O4/c1-5-26(6-2)15-16-27(7-3)23(30)19-11-13-28(14-12-19)21-10-8-9-20-22(21)25(32)29(24(20)31)17-18-33-4/h8-10,19H,5-7,11-18H2,1-4H3. The number of piperidine rings is 1. The van der Waals surface area contributed by atoms with E-state index in [1.165, 1.54) is 4.90 Å². The first kappa shape index (κ1) is 25.2. The molecule has 0 spiro atoms. The monoisotopic (exact) mass is 458 g/mol. The lowest BCUT2D eigenvalue weighted by atomic mass is 9.94. The highest BCUT2D eigenvalue weighted by molar-refractivity contribution is 6.23. The lowest BCUT2D eigenvalue weighted by Crippen LogP contribution is -2.45. The van der Waals surface area contributed by atoms with E-state index in [1.807, 2.05) is 24.0 Å². The summed E-state index contributed by atoms with van der Waals surface area (Å²) in [6.07, 6.45) is 1.50. The van der Waals surface area contributed by atoms with Crippen molar-refractivity contribution in [3.8, 4) is 0 Å². The molecule has 0 bridgehead atoms. The highest BCUT2D eigenvalue weighted by Gasteiger charge is 2.39. The molecule has 1 aromatic carbocycles. The third kappa shape index (κ3) is 5.38. The molecule has 3 rings (SSSR count). The number of nitrogens with zero attached hydrogens (tertiary/aromatic N) is 4. The van der Waals surface area contributed by atoms with E-state index in [0.717, 1.165) is 51.3 Å². The molecule has 0 N–H and O–H groups in total. The van der Waals surface area contributed by atoms with Gasteiger partial charge in [-0.15, -0.1) is 0 Å². The summed E-state index contributed by atoms with van der Waals surface area (Å²) >= 11 is 0. The molecule has 1 saturated heterocycles. The highest BCUT2D eigenvalue weighted by Crippen LogP contribution is 2.34. The number of imide groups is 1. The molecule has 2 aliphatic heterocycles. The number of likely N-dealkylation sites (N-methyl/N-ethyl adjacent to an activating group) is 2. The average Bonchev–Trinajstić information content (AvgIpc) is 3.10. The molecule has 0 atom stereocenters. The van der Waals surface area contributed by atoms with Crippen LogP contribution in [0, 0.1) is 5.92 Å². The molecule has 0 unspecified atom stereocenters. The second kappa shape index (κ2) is 11.6. The summed E-state index contributed by atoms with van der Waals surface area (Å²) in [6.45, 7) is 12.7. The number of anilines is 1. The maximum Gasteiger partial charge on any atom is 0.263 e. The van der Waals surface area contributed by atoms with Crippen LogP contribution >= 0.6 is 0 Å². The van der Waals surface area contributed by atoms with Crippen molar-refractivity contribution in [3.05, 3.63) is 29.3 Å². The SMILES string of the molecule is CCN(CC)CCN(CC)C(=O)C1CCN(c2cccc3c2C(=O)N(CCOC)C3=O)CC1. The molecule has 2 heterocycles. The Bertz CT molecular complexity index is 847. The molecule has 2 aliphatic rings. The summed E-state index contributed by atoms with van der Waals surface area (Å²) in [4.78, 5) is 46.6. The van der Waals surface area contributed by atoms with Crippen LogP contribution in [0.4, 0.5) is 5.69 Å². The zero-order chi connectivity index (χ0) is 24.0. The van der Waals surface area contributed by atoms with Crippen LogP contribution in [0.5, 0.6) is 0 Å². The predicted octanol–water partition coefficient (Wildman–Crippen LogP) is 2.34. The molecule has 3 amide bonds. The van der Waals surface area contributed by atoms with E-state index in [0.29, 0.717) is 30.8 Å². The zero-order valence-electron chi connectivity index (χ0n) is 20.5. The number of fused-ring (bicyclic) bond motifs is 1. The summed E-state index contributed by atoms with van der Waals surface area (Å²) in [6, 6.07) is 5.47. The Balaban J connectivity index is 1.65. The van der Waals surface area contributed by atoms with Crippen molar-refractivity contribution in [1.82, 2.24) is 14.7 Å². The van der Waals surface area contributed by atoms with Crippen molar-refractivity contribution in [2.24, 2.45) is 5.92 Å². The summed E-state index contributed by atoms with van der Waals surface area (Å²) < 4.78 is 5.06. The van der Waals surface area contributed by atoms with E-state index < -0.39 is 0 Å². The van der Waals surface area contributed by atoms with Gasteiger partial charge >= 0.3 is 0 Å². The topological polar surface area (TPSA) is 73.4 Å². The van der Waals surface area contributed by atoms with Crippen molar-refractivity contribution < 1.29 is 19.1 Å². The largest absolute Gasteiger partial charge is 0.383 e. The molecule has 33 heavy (non-hydrogen) atoms. The van der Waals surface area contributed by atoms with Gasteiger partial charge < -0.3 is 19.4 Å². The fourth-order valence-corrected chi connectivity index (χ4v) is 4.82. The number of rotatable bonds is 11. The van der Waals surface area contributed by atoms with Gasteiger partial charge in [0, 0.05) is 45.8 Å². The van der Waals surface area contributed by atoms with Crippen molar-refractivity contribution in [2.75, 3.05) is 71.0 Å². The van der Waals surface area contributed by atoms with E-state index in [4.69, 9.17) is 4.74 Å². The van der Waals surface area contributed by atoms with E-state index >= 15 is 0 Å². The first-order valence-corrected chi connectivity index (χ1v) is 12.2. The first-order valence-electron chi connectivity index (χ1n) is 12.2. The Morgan fingerprint density at radius 2 is 1.73 bits per heavy atom. The van der Waals surface area contributed by atoms with Crippen LogP contribution in [0.15, 0.2) is 18.2 Å². The van der Waals surface area contributed by atoms with Gasteiger partial charge in [0.15, 0.2) is 0 Å². The number of hydrogen-bond acceptors (Lipinski definition) is 6. The van der Waals surface area contributed by atoms with Crippen LogP contribution in [-0.4, -0.2) is 98.5 Å². The van der Waals surface area contributed by atoms with Gasteiger partial charge in [-0.25, -0.2) is 0 Å². The van der Waals surface area contributed by atoms with Crippen molar-refractivity contribution in [2.45, 2.75) is 33.6 Å². The van der Waals surface area contributed by atoms with E-state index in [2.05, 4.69) is 23.6 Å². The number of carbonyl (C=O) groups is 3. The number of hydrogen-bond donors (Lipinski definition) is 0. The zero-order valence-corrected chi connectivity index (χ0v) is 20.5. The van der Waals surface area contributed by atoms with E-state index in [1.54, 1.807) is 13.2 Å². The molecule has 8 heteroatoms. The Kier molecular flexibility index (Phi) is 8.86. The average molecular weight is 459 g/mol. The maximum atomic E-state index is 13.2. The molecule has 0 aliphatic carbocycles. The molecule has 1 aromatic rings. The Labute approximate surface area is 197 Å². The first-order chi connectivity index (χ1) is 16.0. The lowest BCUT2D eigenvalue weighted by Gasteiger charge is -2.36. The van der Waals surface area contributed by atoms with E-state index in [-0.39, 0.29) is 30.2 Å². The molecular formula is C25H38N4O4.